The Morgan fingerprint density at radius 3 is 2.12 bits per heavy atom. The minimum absolute atomic E-state index is 0.00916. The highest BCUT2D eigenvalue weighted by atomic mass is 19.4. The number of halogens is 9. The summed E-state index contributed by atoms with van der Waals surface area (Å²) in [7, 11) is 1.87. The molecule has 0 aliphatic carbocycles. The van der Waals surface area contributed by atoms with Crippen LogP contribution in [0.3, 0.4) is 0 Å². The van der Waals surface area contributed by atoms with Crippen LogP contribution in [0, 0.1) is 0 Å². The first-order valence-electron chi connectivity index (χ1n) is 15.0. The average molecular weight is 694 g/mol. The van der Waals surface area contributed by atoms with Gasteiger partial charge < -0.3 is 14.5 Å². The van der Waals surface area contributed by atoms with Crippen LogP contribution in [0.5, 0.6) is 0 Å². The first-order chi connectivity index (χ1) is 22.2. The molecule has 2 aliphatic rings. The van der Waals surface area contributed by atoms with E-state index in [1.165, 1.54) is 14.6 Å². The topological polar surface area (TPSA) is 79.6 Å². The van der Waals surface area contributed by atoms with Gasteiger partial charge in [0, 0.05) is 25.7 Å². The Balaban J connectivity index is 1.68. The monoisotopic (exact) mass is 693 g/mol. The SMILES string of the molecule is CC(C)OC(=O)N1c2ccc(C(F)(F)F)cc2C(N(Cc2cc(C(F)(F)F)cc(C(F)(F)F)c2)c2nnn([C@H]3CCN(C)C3)n2)CC1C. The van der Waals surface area contributed by atoms with Crippen LogP contribution in [-0.4, -0.2) is 63.5 Å². The maximum atomic E-state index is 14.0. The number of alkyl halides is 9. The summed E-state index contributed by atoms with van der Waals surface area (Å²) in [6, 6.07) is 1.59. The number of carbonyl (C=O) groups excluding carboxylic acids is 1. The molecule has 0 N–H and O–H groups in total. The molecule has 262 valence electrons. The van der Waals surface area contributed by atoms with Gasteiger partial charge in [-0.15, -0.1) is 5.10 Å². The van der Waals surface area contributed by atoms with E-state index >= 15 is 0 Å². The Hall–Kier alpha value is -4.09. The summed E-state index contributed by atoms with van der Waals surface area (Å²) in [6.45, 7) is 5.33. The van der Waals surface area contributed by atoms with Crippen LogP contribution in [0.2, 0.25) is 0 Å². The van der Waals surface area contributed by atoms with Gasteiger partial charge in [-0.05, 0) is 93.4 Å². The lowest BCUT2D eigenvalue weighted by Gasteiger charge is -2.43. The number of hydrogen-bond donors (Lipinski definition) is 0. The number of carbonyl (C=O) groups is 1. The van der Waals surface area contributed by atoms with Crippen LogP contribution >= 0.6 is 0 Å². The van der Waals surface area contributed by atoms with E-state index in [-0.39, 0.29) is 35.7 Å². The summed E-state index contributed by atoms with van der Waals surface area (Å²) in [5.74, 6) is -0.228. The number of aromatic nitrogens is 4. The number of likely N-dealkylation sites (N-methyl/N-ethyl adjacent to an activating group) is 1. The van der Waals surface area contributed by atoms with Crippen molar-refractivity contribution >= 4 is 17.7 Å². The van der Waals surface area contributed by atoms with E-state index in [1.807, 2.05) is 11.9 Å². The maximum Gasteiger partial charge on any atom is 0.416 e. The third-order valence-electron chi connectivity index (χ3n) is 8.26. The second-order valence-electron chi connectivity index (χ2n) is 12.3. The van der Waals surface area contributed by atoms with Crippen molar-refractivity contribution in [2.75, 3.05) is 29.9 Å². The molecule has 2 unspecified atom stereocenters. The van der Waals surface area contributed by atoms with Crippen molar-refractivity contribution in [1.82, 2.24) is 25.1 Å². The molecular weight excluding hydrogens is 661 g/mol. The number of fused-ring (bicyclic) bond motifs is 1. The van der Waals surface area contributed by atoms with Crippen LogP contribution in [0.25, 0.3) is 0 Å². The van der Waals surface area contributed by atoms with E-state index < -0.39 is 71.6 Å². The minimum atomic E-state index is -5.14. The van der Waals surface area contributed by atoms with Crippen LogP contribution in [0.15, 0.2) is 36.4 Å². The average Bonchev–Trinajstić information content (AvgIpc) is 3.62. The van der Waals surface area contributed by atoms with Gasteiger partial charge in [-0.1, -0.05) is 5.10 Å². The lowest BCUT2D eigenvalue weighted by Crippen LogP contribution is -2.47. The zero-order valence-electron chi connectivity index (χ0n) is 26.2. The number of tetrazole rings is 1. The predicted octanol–water partition coefficient (Wildman–Crippen LogP) is 7.50. The molecular formula is C30H32F9N7O2. The largest absolute Gasteiger partial charge is 0.446 e. The molecule has 5 rings (SSSR count). The standard InChI is InChI=1S/C30H32F9N7O2/c1-16(2)48-27(47)45-17(3)9-25(23-13-19(28(31,32)33)5-6-24(23)45)44(26-40-42-46(41-26)22-7-8-43(4)15-22)14-18-10-20(29(34,35)36)12-21(11-18)30(37,38)39/h5-6,10-13,16-17,22,25H,7-9,14-15H2,1-4H3/t17?,22-,25?/m0/s1. The summed E-state index contributed by atoms with van der Waals surface area (Å²) in [4.78, 5) is 18.8. The molecule has 2 aliphatic heterocycles. The lowest BCUT2D eigenvalue weighted by molar-refractivity contribution is -0.143. The molecule has 0 spiro atoms. The highest BCUT2D eigenvalue weighted by molar-refractivity contribution is 5.90. The number of amides is 1. The first kappa shape index (κ1) is 35.2. The zero-order chi connectivity index (χ0) is 35.3. The number of ether oxygens (including phenoxy) is 1. The summed E-state index contributed by atoms with van der Waals surface area (Å²) < 4.78 is 130. The summed E-state index contributed by atoms with van der Waals surface area (Å²) >= 11 is 0. The van der Waals surface area contributed by atoms with Crippen molar-refractivity contribution < 1.29 is 49.0 Å². The van der Waals surface area contributed by atoms with Crippen LogP contribution in [0.4, 0.5) is 55.9 Å². The fraction of sp³-hybridized carbons (Fsp3) is 0.533. The number of anilines is 2. The second-order valence-corrected chi connectivity index (χ2v) is 12.3. The second kappa shape index (κ2) is 12.7. The van der Waals surface area contributed by atoms with Gasteiger partial charge in [0.05, 0.1) is 40.6 Å². The third-order valence-corrected chi connectivity index (χ3v) is 8.26. The summed E-state index contributed by atoms with van der Waals surface area (Å²) in [5.41, 5.74) is -4.70. The number of benzene rings is 2. The van der Waals surface area contributed by atoms with E-state index in [9.17, 15) is 44.3 Å². The van der Waals surface area contributed by atoms with E-state index in [4.69, 9.17) is 4.74 Å². The molecule has 9 nitrogen and oxygen atoms in total. The predicted molar refractivity (Wildman–Crippen MR) is 154 cm³/mol. The Bertz CT molecular complexity index is 1610. The van der Waals surface area contributed by atoms with Gasteiger partial charge in [0.2, 0.25) is 0 Å². The van der Waals surface area contributed by atoms with Gasteiger partial charge in [-0.2, -0.15) is 44.3 Å². The molecule has 2 aromatic carbocycles. The number of nitrogens with zero attached hydrogens (tertiary/aromatic N) is 7. The molecule has 3 atom stereocenters. The van der Waals surface area contributed by atoms with Gasteiger partial charge in [-0.25, -0.2) is 4.79 Å². The molecule has 48 heavy (non-hydrogen) atoms. The van der Waals surface area contributed by atoms with Crippen LogP contribution < -0.4 is 9.80 Å². The van der Waals surface area contributed by atoms with Gasteiger partial charge >= 0.3 is 24.6 Å². The smallest absolute Gasteiger partial charge is 0.416 e. The molecule has 3 heterocycles. The fourth-order valence-electron chi connectivity index (χ4n) is 6.06. The Labute approximate surface area is 269 Å². The molecule has 1 amide bonds. The van der Waals surface area contributed by atoms with E-state index in [0.29, 0.717) is 31.6 Å². The van der Waals surface area contributed by atoms with Crippen molar-refractivity contribution in [2.24, 2.45) is 0 Å². The van der Waals surface area contributed by atoms with Crippen LogP contribution in [0.1, 0.15) is 73.5 Å². The number of likely N-dealkylation sites (tertiary alicyclic amines) is 1. The van der Waals surface area contributed by atoms with Crippen molar-refractivity contribution in [3.63, 3.8) is 0 Å². The number of rotatable bonds is 6. The van der Waals surface area contributed by atoms with E-state index in [2.05, 4.69) is 15.4 Å². The highest BCUT2D eigenvalue weighted by Gasteiger charge is 2.42. The molecule has 0 radical (unpaired) electrons. The van der Waals surface area contributed by atoms with Gasteiger partial charge in [0.1, 0.15) is 0 Å². The van der Waals surface area contributed by atoms with Crippen LogP contribution in [-0.2, 0) is 29.8 Å². The molecule has 1 aromatic heterocycles. The fourth-order valence-corrected chi connectivity index (χ4v) is 6.06. The quantitative estimate of drug-likeness (QED) is 0.248. The number of hydrogen-bond acceptors (Lipinski definition) is 7. The Kier molecular flexibility index (Phi) is 9.35. The summed E-state index contributed by atoms with van der Waals surface area (Å²) in [5, 5.41) is 12.6. The van der Waals surface area contributed by atoms with Crippen molar-refractivity contribution in [1.29, 1.82) is 0 Å². The normalized spacial score (nSPS) is 20.7. The van der Waals surface area contributed by atoms with Gasteiger partial charge in [-0.3, -0.25) is 4.90 Å². The van der Waals surface area contributed by atoms with Crippen molar-refractivity contribution in [3.8, 4) is 0 Å². The van der Waals surface area contributed by atoms with Crippen molar-refractivity contribution in [2.45, 2.75) is 82.9 Å². The van der Waals surface area contributed by atoms with Crippen molar-refractivity contribution in [3.05, 3.63) is 64.2 Å². The minimum Gasteiger partial charge on any atom is -0.446 e. The lowest BCUT2D eigenvalue weighted by atomic mass is 9.89. The highest BCUT2D eigenvalue weighted by Crippen LogP contribution is 2.45. The molecule has 0 bridgehead atoms. The molecule has 3 aromatic rings. The third kappa shape index (κ3) is 7.47. The van der Waals surface area contributed by atoms with Gasteiger partial charge in [0.15, 0.2) is 0 Å². The molecule has 1 fully saturated rings. The molecule has 1 saturated heterocycles. The maximum absolute atomic E-state index is 14.0. The first-order valence-corrected chi connectivity index (χ1v) is 15.0. The zero-order valence-corrected chi connectivity index (χ0v) is 26.2. The summed E-state index contributed by atoms with van der Waals surface area (Å²) in [6.07, 6.45) is -16.0. The van der Waals surface area contributed by atoms with Gasteiger partial charge in [0.25, 0.3) is 5.95 Å². The van der Waals surface area contributed by atoms with E-state index in [0.717, 1.165) is 18.2 Å². The Morgan fingerprint density at radius 2 is 1.58 bits per heavy atom. The molecule has 18 heteroatoms. The van der Waals surface area contributed by atoms with E-state index in [1.54, 1.807) is 20.8 Å². The Morgan fingerprint density at radius 1 is 0.958 bits per heavy atom. The molecule has 0 saturated carbocycles.